The van der Waals surface area contributed by atoms with Crippen LogP contribution in [0.1, 0.15) is 53.6 Å². The number of hydrogen-bond acceptors (Lipinski definition) is 9. The zero-order chi connectivity index (χ0) is 31.0. The first-order valence-corrected chi connectivity index (χ1v) is 13.2. The number of carbonyl (C=O) groups excluding carboxylic acids is 2. The van der Waals surface area contributed by atoms with E-state index in [9.17, 15) is 29.1 Å². The number of benzene rings is 1. The van der Waals surface area contributed by atoms with E-state index in [2.05, 4.69) is 25.6 Å². The average Bonchev–Trinajstić information content (AvgIpc) is 3.32. The number of carboxylic acids is 3. The SMILES string of the molecule is Nc1nc(N)c2c(CCCc3ccc(C(=O)N[C@@H](CCC(=O)N[C@@H](CCC(=O)O)C(=O)O)C(=O)O)cc3Cl)c[nH]c2n1. The smallest absolute Gasteiger partial charge is 0.326 e. The van der Waals surface area contributed by atoms with Gasteiger partial charge in [0.2, 0.25) is 11.9 Å². The van der Waals surface area contributed by atoms with Crippen LogP contribution < -0.4 is 22.1 Å². The Labute approximate surface area is 243 Å². The number of nitrogens with two attached hydrogens (primary N) is 2. The number of halogens is 1. The van der Waals surface area contributed by atoms with Crippen LogP contribution in [0.2, 0.25) is 5.02 Å². The summed E-state index contributed by atoms with van der Waals surface area (Å²) < 4.78 is 0. The minimum Gasteiger partial charge on any atom is -0.481 e. The third-order valence-corrected chi connectivity index (χ3v) is 6.76. The first-order valence-electron chi connectivity index (χ1n) is 12.8. The van der Waals surface area contributed by atoms with Gasteiger partial charge in [0.25, 0.3) is 5.91 Å². The van der Waals surface area contributed by atoms with Crippen molar-refractivity contribution in [1.29, 1.82) is 0 Å². The van der Waals surface area contributed by atoms with Gasteiger partial charge in [-0.3, -0.25) is 14.4 Å². The fourth-order valence-corrected chi connectivity index (χ4v) is 4.54. The van der Waals surface area contributed by atoms with Crippen molar-refractivity contribution in [3.05, 3.63) is 46.1 Å². The maximum atomic E-state index is 12.7. The zero-order valence-electron chi connectivity index (χ0n) is 22.2. The molecule has 0 spiro atoms. The number of fused-ring (bicyclic) bond motifs is 1. The van der Waals surface area contributed by atoms with Crippen molar-refractivity contribution >= 4 is 64.1 Å². The number of aliphatic carboxylic acids is 3. The summed E-state index contributed by atoms with van der Waals surface area (Å²) in [6.45, 7) is 0. The van der Waals surface area contributed by atoms with Crippen molar-refractivity contribution in [2.45, 2.75) is 57.0 Å². The predicted molar refractivity (Wildman–Crippen MR) is 151 cm³/mol. The molecular weight excluding hydrogens is 574 g/mol. The minimum atomic E-state index is -1.45. The van der Waals surface area contributed by atoms with Gasteiger partial charge in [-0.05, 0) is 55.4 Å². The summed E-state index contributed by atoms with van der Waals surface area (Å²) in [5.41, 5.74) is 14.0. The molecule has 10 N–H and O–H groups in total. The maximum Gasteiger partial charge on any atom is 0.326 e. The van der Waals surface area contributed by atoms with Crippen LogP contribution in [0.15, 0.2) is 24.4 Å². The Kier molecular flexibility index (Phi) is 10.6. The number of hydrogen-bond donors (Lipinski definition) is 8. The summed E-state index contributed by atoms with van der Waals surface area (Å²) >= 11 is 6.40. The van der Waals surface area contributed by atoms with Gasteiger partial charge in [0.15, 0.2) is 0 Å². The molecular formula is C26H30ClN7O8. The Bertz CT molecular complexity index is 1510. The molecule has 0 unspecified atom stereocenters. The number of H-pyrrole nitrogens is 1. The summed E-state index contributed by atoms with van der Waals surface area (Å²) in [7, 11) is 0. The lowest BCUT2D eigenvalue weighted by atomic mass is 10.0. The molecule has 0 radical (unpaired) electrons. The number of nitrogens with one attached hydrogen (secondary N) is 3. The van der Waals surface area contributed by atoms with Crippen molar-refractivity contribution in [2.24, 2.45) is 0 Å². The molecule has 15 nitrogen and oxygen atoms in total. The number of nitrogen functional groups attached to an aromatic ring is 2. The molecule has 1 aromatic carbocycles. The van der Waals surface area contributed by atoms with E-state index in [1.54, 1.807) is 12.3 Å². The molecule has 2 atom stereocenters. The second kappa shape index (κ2) is 14.1. The lowest BCUT2D eigenvalue weighted by Gasteiger charge is -2.17. The number of aryl methyl sites for hydroxylation is 2. The third-order valence-electron chi connectivity index (χ3n) is 6.41. The molecule has 0 saturated heterocycles. The lowest BCUT2D eigenvalue weighted by Crippen LogP contribution is -2.44. The fraction of sp³-hybridized carbons (Fsp3) is 0.346. The fourth-order valence-electron chi connectivity index (χ4n) is 4.27. The van der Waals surface area contributed by atoms with E-state index in [1.165, 1.54) is 12.1 Å². The molecule has 0 fully saturated rings. The van der Waals surface area contributed by atoms with E-state index in [-0.39, 0.29) is 30.2 Å². The van der Waals surface area contributed by atoms with Gasteiger partial charge < -0.3 is 42.4 Å². The Morgan fingerprint density at radius 3 is 2.19 bits per heavy atom. The first kappa shape index (κ1) is 31.6. The highest BCUT2D eigenvalue weighted by molar-refractivity contribution is 6.31. The van der Waals surface area contributed by atoms with E-state index in [0.29, 0.717) is 35.3 Å². The summed E-state index contributed by atoms with van der Waals surface area (Å²) in [5, 5.41) is 32.9. The largest absolute Gasteiger partial charge is 0.481 e. The highest BCUT2D eigenvalue weighted by Gasteiger charge is 2.25. The average molecular weight is 604 g/mol. The van der Waals surface area contributed by atoms with Crippen molar-refractivity contribution in [2.75, 3.05) is 11.5 Å². The van der Waals surface area contributed by atoms with Gasteiger partial charge >= 0.3 is 17.9 Å². The number of carbonyl (C=O) groups is 5. The molecule has 3 aromatic rings. The number of amides is 2. The zero-order valence-corrected chi connectivity index (χ0v) is 23.0. The van der Waals surface area contributed by atoms with E-state index < -0.39 is 54.6 Å². The standard InChI is InChI=1S/C26H30ClN7O8/c27-15-10-13(5-4-12(15)2-1-3-14-11-30-22-20(14)21(28)33-26(29)34-22)23(38)32-17(25(41)42)6-8-18(35)31-16(24(39)40)7-9-19(36)37/h4-5,10-11,16-17H,1-3,6-9H2,(H,31,35)(H,32,38)(H,36,37)(H,39,40)(H,41,42)(H5,28,29,30,33,34)/t16-,17-/m0/s1. The van der Waals surface area contributed by atoms with Crippen molar-refractivity contribution < 1.29 is 39.3 Å². The predicted octanol–water partition coefficient (Wildman–Crippen LogP) is 1.35. The Hall–Kier alpha value is -4.92. The molecule has 0 aliphatic rings. The number of aromatic nitrogens is 3. The van der Waals surface area contributed by atoms with Gasteiger partial charge in [-0.15, -0.1) is 0 Å². The van der Waals surface area contributed by atoms with Crippen LogP contribution in [0, 0.1) is 0 Å². The molecule has 0 aliphatic heterocycles. The Morgan fingerprint density at radius 1 is 0.905 bits per heavy atom. The van der Waals surface area contributed by atoms with E-state index >= 15 is 0 Å². The number of aromatic amines is 1. The molecule has 0 aliphatic carbocycles. The first-order chi connectivity index (χ1) is 19.8. The van der Waals surface area contributed by atoms with Crippen molar-refractivity contribution in [1.82, 2.24) is 25.6 Å². The molecule has 42 heavy (non-hydrogen) atoms. The van der Waals surface area contributed by atoms with Crippen LogP contribution in [-0.2, 0) is 32.0 Å². The van der Waals surface area contributed by atoms with E-state index in [4.69, 9.17) is 33.3 Å². The third kappa shape index (κ3) is 8.54. The van der Waals surface area contributed by atoms with E-state index in [1.807, 2.05) is 0 Å². The number of carboxylic acid groups (broad SMARTS) is 3. The number of rotatable bonds is 15. The molecule has 16 heteroatoms. The lowest BCUT2D eigenvalue weighted by molar-refractivity contribution is -0.143. The topological polar surface area (TPSA) is 264 Å². The number of nitrogens with zero attached hydrogens (tertiary/aromatic N) is 2. The normalized spacial score (nSPS) is 12.4. The summed E-state index contributed by atoms with van der Waals surface area (Å²) in [5.74, 6) is -5.22. The van der Waals surface area contributed by atoms with E-state index in [0.717, 1.165) is 11.1 Å². The van der Waals surface area contributed by atoms with Crippen LogP contribution in [0.25, 0.3) is 11.0 Å². The number of anilines is 2. The van der Waals surface area contributed by atoms with Crippen LogP contribution in [0.4, 0.5) is 11.8 Å². The van der Waals surface area contributed by atoms with Crippen LogP contribution in [0.3, 0.4) is 0 Å². The molecule has 3 rings (SSSR count). The molecule has 2 amide bonds. The van der Waals surface area contributed by atoms with Gasteiger partial charge in [0.1, 0.15) is 23.5 Å². The second-order valence-corrected chi connectivity index (χ2v) is 9.87. The van der Waals surface area contributed by atoms with Gasteiger partial charge in [-0.25, -0.2) is 9.59 Å². The quantitative estimate of drug-likeness (QED) is 0.122. The van der Waals surface area contributed by atoms with Crippen LogP contribution in [-0.4, -0.2) is 72.1 Å². The van der Waals surface area contributed by atoms with Crippen molar-refractivity contribution in [3.8, 4) is 0 Å². The molecule has 224 valence electrons. The van der Waals surface area contributed by atoms with Crippen molar-refractivity contribution in [3.63, 3.8) is 0 Å². The highest BCUT2D eigenvalue weighted by atomic mass is 35.5. The second-order valence-electron chi connectivity index (χ2n) is 9.46. The maximum absolute atomic E-state index is 12.7. The minimum absolute atomic E-state index is 0.0725. The molecule has 2 heterocycles. The van der Waals surface area contributed by atoms with Gasteiger partial charge in [0.05, 0.1) is 5.39 Å². The molecule has 2 aromatic heterocycles. The van der Waals surface area contributed by atoms with Gasteiger partial charge in [-0.1, -0.05) is 17.7 Å². The Balaban J connectivity index is 1.54. The van der Waals surface area contributed by atoms with Crippen LogP contribution >= 0.6 is 11.6 Å². The van der Waals surface area contributed by atoms with Gasteiger partial charge in [0, 0.05) is 29.6 Å². The molecule has 0 saturated carbocycles. The van der Waals surface area contributed by atoms with Gasteiger partial charge in [-0.2, -0.15) is 9.97 Å². The monoisotopic (exact) mass is 603 g/mol. The summed E-state index contributed by atoms with van der Waals surface area (Å²) in [6, 6.07) is 1.69. The highest BCUT2D eigenvalue weighted by Crippen LogP contribution is 2.25. The molecule has 0 bridgehead atoms. The Morgan fingerprint density at radius 2 is 1.55 bits per heavy atom. The summed E-state index contributed by atoms with van der Waals surface area (Å²) in [6.07, 6.45) is 2.11. The summed E-state index contributed by atoms with van der Waals surface area (Å²) in [4.78, 5) is 69.6. The van der Waals surface area contributed by atoms with Crippen LogP contribution in [0.5, 0.6) is 0 Å².